The Kier molecular flexibility index (Phi) is 6.23. The molecule has 0 fully saturated rings. The minimum absolute atomic E-state index is 0.141. The topological polar surface area (TPSA) is 75.3 Å². The largest absolute Gasteiger partial charge is 0.345 e. The molecule has 4 aromatic carbocycles. The molecule has 0 saturated carbocycles. The number of carbonyl (C=O) groups is 1. The van der Waals surface area contributed by atoms with E-state index in [0.29, 0.717) is 6.42 Å². The first-order valence-corrected chi connectivity index (χ1v) is 11.9. The molecule has 0 aliphatic carbocycles. The quantitative estimate of drug-likeness (QED) is 0.394. The highest BCUT2D eigenvalue weighted by Crippen LogP contribution is 2.24. The summed E-state index contributed by atoms with van der Waals surface area (Å²) >= 11 is 0. The molecule has 2 N–H and O–H groups in total. The van der Waals surface area contributed by atoms with Gasteiger partial charge >= 0.3 is 0 Å². The lowest BCUT2D eigenvalue weighted by molar-refractivity contribution is 0.0936. The molecular weight excluding hydrogens is 420 g/mol. The van der Waals surface area contributed by atoms with Gasteiger partial charge in [0.2, 0.25) is 0 Å². The molecule has 1 amide bonds. The lowest BCUT2D eigenvalue weighted by Crippen LogP contribution is -2.29. The number of hydrogen-bond donors (Lipinski definition) is 2. The van der Waals surface area contributed by atoms with Gasteiger partial charge in [0.1, 0.15) is 0 Å². The van der Waals surface area contributed by atoms with Crippen LogP contribution in [0.5, 0.6) is 0 Å². The van der Waals surface area contributed by atoms with Crippen LogP contribution in [0.4, 0.5) is 5.69 Å². The van der Waals surface area contributed by atoms with Gasteiger partial charge in [0.25, 0.3) is 15.9 Å². The van der Waals surface area contributed by atoms with Crippen LogP contribution >= 0.6 is 0 Å². The fourth-order valence-electron chi connectivity index (χ4n) is 3.65. The van der Waals surface area contributed by atoms with E-state index in [9.17, 15) is 13.2 Å². The predicted octanol–water partition coefficient (Wildman–Crippen LogP) is 5.52. The predicted molar refractivity (Wildman–Crippen MR) is 128 cm³/mol. The van der Waals surface area contributed by atoms with Gasteiger partial charge in [-0.25, -0.2) is 8.42 Å². The van der Waals surface area contributed by atoms with E-state index < -0.39 is 10.0 Å². The number of sulfonamides is 1. The van der Waals surface area contributed by atoms with Crippen LogP contribution in [-0.2, 0) is 10.0 Å². The monoisotopic (exact) mass is 444 g/mol. The number of amides is 1. The zero-order valence-corrected chi connectivity index (χ0v) is 18.5. The minimum atomic E-state index is -3.88. The highest BCUT2D eigenvalue weighted by molar-refractivity contribution is 7.92. The Morgan fingerprint density at radius 1 is 0.812 bits per heavy atom. The Balaban J connectivity index is 1.60. The Labute approximate surface area is 188 Å². The van der Waals surface area contributed by atoms with Crippen molar-refractivity contribution in [2.75, 3.05) is 4.72 Å². The van der Waals surface area contributed by atoms with E-state index in [1.54, 1.807) is 42.5 Å². The van der Waals surface area contributed by atoms with Crippen LogP contribution in [0.15, 0.2) is 102 Å². The maximum absolute atomic E-state index is 13.1. The lowest BCUT2D eigenvalue weighted by Gasteiger charge is -2.19. The molecule has 4 aromatic rings. The number of carbonyl (C=O) groups excluding carboxylic acids is 1. The Morgan fingerprint density at radius 2 is 1.47 bits per heavy atom. The molecule has 0 aliphatic heterocycles. The summed E-state index contributed by atoms with van der Waals surface area (Å²) < 4.78 is 28.7. The first-order valence-electron chi connectivity index (χ1n) is 10.4. The molecule has 0 bridgehead atoms. The summed E-state index contributed by atoms with van der Waals surface area (Å²) in [5.41, 5.74) is 1.50. The third kappa shape index (κ3) is 4.65. The molecule has 32 heavy (non-hydrogen) atoms. The van der Waals surface area contributed by atoms with Crippen LogP contribution in [0.25, 0.3) is 10.8 Å². The second-order valence-corrected chi connectivity index (χ2v) is 9.19. The van der Waals surface area contributed by atoms with E-state index in [1.165, 1.54) is 0 Å². The number of nitrogens with one attached hydrogen (secondary N) is 2. The van der Waals surface area contributed by atoms with Gasteiger partial charge in [-0.2, -0.15) is 0 Å². The Bertz CT molecular complexity index is 1350. The fraction of sp³-hybridized carbons (Fsp3) is 0.115. The summed E-state index contributed by atoms with van der Waals surface area (Å²) in [6, 6.07) is 28.7. The second-order valence-electron chi connectivity index (χ2n) is 7.51. The van der Waals surface area contributed by atoms with E-state index in [4.69, 9.17) is 0 Å². The average molecular weight is 445 g/mol. The first kappa shape index (κ1) is 21.6. The summed E-state index contributed by atoms with van der Waals surface area (Å²) in [7, 11) is -3.88. The van der Waals surface area contributed by atoms with Crippen molar-refractivity contribution in [2.24, 2.45) is 0 Å². The summed E-state index contributed by atoms with van der Waals surface area (Å²) in [5, 5.41) is 4.80. The van der Waals surface area contributed by atoms with Crippen molar-refractivity contribution < 1.29 is 13.2 Å². The van der Waals surface area contributed by atoms with E-state index in [-0.39, 0.29) is 28.1 Å². The number of rotatable bonds is 7. The zero-order chi connectivity index (χ0) is 22.6. The number of anilines is 1. The molecule has 1 atom stereocenters. The maximum Gasteiger partial charge on any atom is 0.261 e. The minimum Gasteiger partial charge on any atom is -0.345 e. The van der Waals surface area contributed by atoms with Crippen LogP contribution in [0.2, 0.25) is 0 Å². The van der Waals surface area contributed by atoms with E-state index in [0.717, 1.165) is 16.3 Å². The van der Waals surface area contributed by atoms with Crippen molar-refractivity contribution >= 4 is 32.4 Å². The molecular formula is C26H24N2O3S. The average Bonchev–Trinajstić information content (AvgIpc) is 2.82. The van der Waals surface area contributed by atoms with Crippen LogP contribution in [-0.4, -0.2) is 14.3 Å². The third-order valence-corrected chi connectivity index (χ3v) is 6.73. The standard InChI is InChI=1S/C26H24N2O3S/c1-2-24(20-11-4-3-5-12-20)27-26(29)23-14-8-9-15-25(23)28-32(30,31)22-17-16-19-10-6-7-13-21(19)18-22/h3-18,24,28H,2H2,1H3,(H,27,29)/t24-/m0/s1. The molecule has 0 spiro atoms. The first-order chi connectivity index (χ1) is 15.5. The van der Waals surface area contributed by atoms with Gasteiger partial charge in [0.05, 0.1) is 22.2 Å². The summed E-state index contributed by atoms with van der Waals surface area (Å²) in [6.07, 6.45) is 0.709. The van der Waals surface area contributed by atoms with Crippen LogP contribution in [0.1, 0.15) is 35.3 Å². The van der Waals surface area contributed by atoms with Gasteiger partial charge < -0.3 is 5.32 Å². The van der Waals surface area contributed by atoms with Gasteiger partial charge in [0, 0.05) is 0 Å². The van der Waals surface area contributed by atoms with Gasteiger partial charge in [-0.05, 0) is 47.0 Å². The van der Waals surface area contributed by atoms with Crippen molar-refractivity contribution in [3.8, 4) is 0 Å². The Morgan fingerprint density at radius 3 is 2.22 bits per heavy atom. The highest BCUT2D eigenvalue weighted by Gasteiger charge is 2.21. The number of benzene rings is 4. The number of para-hydroxylation sites is 1. The molecule has 5 nitrogen and oxygen atoms in total. The second kappa shape index (κ2) is 9.24. The van der Waals surface area contributed by atoms with E-state index in [2.05, 4.69) is 10.0 Å². The van der Waals surface area contributed by atoms with Crippen LogP contribution in [0.3, 0.4) is 0 Å². The fourth-order valence-corrected chi connectivity index (χ4v) is 4.77. The summed E-state index contributed by atoms with van der Waals surface area (Å²) in [5.74, 6) is -0.336. The smallest absolute Gasteiger partial charge is 0.261 e. The lowest BCUT2D eigenvalue weighted by atomic mass is 10.0. The normalized spacial score (nSPS) is 12.3. The number of fused-ring (bicyclic) bond motifs is 1. The van der Waals surface area contributed by atoms with Gasteiger partial charge in [-0.15, -0.1) is 0 Å². The van der Waals surface area contributed by atoms with Gasteiger partial charge in [-0.3, -0.25) is 9.52 Å². The highest BCUT2D eigenvalue weighted by atomic mass is 32.2. The van der Waals surface area contributed by atoms with Gasteiger partial charge in [0.15, 0.2) is 0 Å². The van der Waals surface area contributed by atoms with Crippen LogP contribution < -0.4 is 10.0 Å². The van der Waals surface area contributed by atoms with Crippen molar-refractivity contribution in [3.05, 3.63) is 108 Å². The SMILES string of the molecule is CC[C@H](NC(=O)c1ccccc1NS(=O)(=O)c1ccc2ccccc2c1)c1ccccc1. The molecule has 4 rings (SSSR count). The third-order valence-electron chi connectivity index (χ3n) is 5.36. The van der Waals surface area contributed by atoms with Crippen molar-refractivity contribution in [1.29, 1.82) is 0 Å². The van der Waals surface area contributed by atoms with Gasteiger partial charge in [-0.1, -0.05) is 79.7 Å². The van der Waals surface area contributed by atoms with Crippen molar-refractivity contribution in [2.45, 2.75) is 24.3 Å². The molecule has 6 heteroatoms. The number of hydrogen-bond acceptors (Lipinski definition) is 3. The molecule has 0 unspecified atom stereocenters. The maximum atomic E-state index is 13.1. The van der Waals surface area contributed by atoms with Crippen LogP contribution in [0, 0.1) is 0 Å². The molecule has 0 aromatic heterocycles. The molecule has 0 radical (unpaired) electrons. The van der Waals surface area contributed by atoms with E-state index >= 15 is 0 Å². The zero-order valence-electron chi connectivity index (χ0n) is 17.7. The summed E-state index contributed by atoms with van der Waals surface area (Å²) in [6.45, 7) is 1.99. The molecule has 162 valence electrons. The van der Waals surface area contributed by atoms with Crippen molar-refractivity contribution in [3.63, 3.8) is 0 Å². The summed E-state index contributed by atoms with van der Waals surface area (Å²) in [4.78, 5) is 13.2. The molecule has 0 saturated heterocycles. The molecule has 0 aliphatic rings. The van der Waals surface area contributed by atoms with E-state index in [1.807, 2.05) is 61.5 Å². The molecule has 0 heterocycles. The van der Waals surface area contributed by atoms with Crippen molar-refractivity contribution in [1.82, 2.24) is 5.32 Å². The Hall–Kier alpha value is -3.64.